The van der Waals surface area contributed by atoms with Gasteiger partial charge in [-0.15, -0.1) is 0 Å². The van der Waals surface area contributed by atoms with Gasteiger partial charge < -0.3 is 25.5 Å². The van der Waals surface area contributed by atoms with Gasteiger partial charge >= 0.3 is 7.12 Å². The molecule has 2 aromatic heterocycles. The average molecular weight is 525 g/mol. The lowest BCUT2D eigenvalue weighted by Gasteiger charge is -2.28. The molecule has 2 amide bonds. The topological polar surface area (TPSA) is 138 Å². The van der Waals surface area contributed by atoms with E-state index >= 15 is 0 Å². The van der Waals surface area contributed by atoms with Crippen LogP contribution in [0.15, 0.2) is 96.4 Å². The number of nitrogens with one attached hydrogen (secondary N) is 2. The predicted octanol–water partition coefficient (Wildman–Crippen LogP) is 1.56. The zero-order valence-corrected chi connectivity index (χ0v) is 21.1. The lowest BCUT2D eigenvalue weighted by atomic mass is 9.75. The number of aromatic nitrogens is 2. The van der Waals surface area contributed by atoms with Crippen molar-refractivity contribution in [1.29, 1.82) is 0 Å². The number of imidazole rings is 1. The number of fused-ring (bicyclic) bond motifs is 1. The summed E-state index contributed by atoms with van der Waals surface area (Å²) >= 11 is 0. The molecule has 2 unspecified atom stereocenters. The number of amides is 2. The van der Waals surface area contributed by atoms with Crippen LogP contribution in [0, 0.1) is 0 Å². The van der Waals surface area contributed by atoms with Crippen LogP contribution in [0.2, 0.25) is 0 Å². The summed E-state index contributed by atoms with van der Waals surface area (Å²) in [5.41, 5.74) is 1.82. The smallest absolute Gasteiger partial charge is 0.426 e. The zero-order valence-electron chi connectivity index (χ0n) is 21.1. The molecular weight excluding hydrogens is 497 g/mol. The number of hydrogen-bond donors (Lipinski definition) is 4. The second-order valence-electron chi connectivity index (χ2n) is 9.51. The fourth-order valence-corrected chi connectivity index (χ4v) is 4.67. The first-order valence-corrected chi connectivity index (χ1v) is 12.6. The molecule has 0 bridgehead atoms. The highest BCUT2D eigenvalue weighted by Crippen LogP contribution is 2.29. The summed E-state index contributed by atoms with van der Waals surface area (Å²) in [5, 5.41) is 29.8. The molecule has 39 heavy (non-hydrogen) atoms. The maximum atomic E-state index is 13.7. The number of carbonyl (C=O) groups excluding carboxylic acids is 2. The normalized spacial score (nSPS) is 17.2. The molecule has 5 rings (SSSR count). The molecule has 2 atom stereocenters. The number of nitrogens with zero attached hydrogens (tertiary/aromatic N) is 3. The third-order valence-electron chi connectivity index (χ3n) is 6.67. The van der Waals surface area contributed by atoms with Gasteiger partial charge in [0.05, 0.1) is 18.2 Å². The Morgan fingerprint density at radius 3 is 2.44 bits per heavy atom. The molecule has 0 saturated heterocycles. The van der Waals surface area contributed by atoms with Gasteiger partial charge in [0, 0.05) is 25.2 Å². The summed E-state index contributed by atoms with van der Waals surface area (Å²) in [4.78, 5) is 36.6. The monoisotopic (exact) mass is 525 g/mol. The van der Waals surface area contributed by atoms with Gasteiger partial charge in [0.2, 0.25) is 5.60 Å². The second kappa shape index (κ2) is 11.5. The van der Waals surface area contributed by atoms with E-state index in [0.717, 1.165) is 11.1 Å². The van der Waals surface area contributed by atoms with E-state index in [1.165, 1.54) is 0 Å². The highest BCUT2D eigenvalue weighted by atomic mass is 16.7. The van der Waals surface area contributed by atoms with E-state index in [9.17, 15) is 19.6 Å². The van der Waals surface area contributed by atoms with Crippen molar-refractivity contribution in [3.63, 3.8) is 0 Å². The third kappa shape index (κ3) is 6.00. The lowest BCUT2D eigenvalue weighted by Crippen LogP contribution is -2.56. The number of carbonyl (C=O) groups is 2. The van der Waals surface area contributed by atoms with Crippen LogP contribution >= 0.6 is 0 Å². The van der Waals surface area contributed by atoms with Crippen LogP contribution < -0.4 is 10.6 Å². The van der Waals surface area contributed by atoms with Crippen molar-refractivity contribution < 1.29 is 24.5 Å². The summed E-state index contributed by atoms with van der Waals surface area (Å²) in [7, 11) is -1.78. The molecule has 198 valence electrons. The zero-order chi connectivity index (χ0) is 27.2. The van der Waals surface area contributed by atoms with Crippen LogP contribution in [-0.4, -0.2) is 62.2 Å². The minimum atomic E-state index is -1.78. The van der Waals surface area contributed by atoms with E-state index in [1.54, 1.807) is 35.0 Å². The van der Waals surface area contributed by atoms with E-state index in [1.807, 2.05) is 60.7 Å². The fourth-order valence-electron chi connectivity index (χ4n) is 4.67. The van der Waals surface area contributed by atoms with Crippen molar-refractivity contribution in [3.05, 3.63) is 108 Å². The van der Waals surface area contributed by atoms with Gasteiger partial charge in [0.15, 0.2) is 0 Å². The van der Waals surface area contributed by atoms with E-state index in [2.05, 4.69) is 20.8 Å². The molecular formula is C28H28BN5O5. The Kier molecular flexibility index (Phi) is 7.71. The number of rotatable bonds is 10. The maximum Gasteiger partial charge on any atom is 0.475 e. The Balaban J connectivity index is 1.30. The summed E-state index contributed by atoms with van der Waals surface area (Å²) in [5.74, 6) is -1.80. The van der Waals surface area contributed by atoms with Crippen LogP contribution in [0.4, 0.5) is 0 Å². The largest absolute Gasteiger partial charge is 0.475 e. The predicted molar refractivity (Wildman–Crippen MR) is 146 cm³/mol. The van der Waals surface area contributed by atoms with Crippen molar-refractivity contribution in [3.8, 4) is 0 Å². The highest BCUT2D eigenvalue weighted by molar-refractivity contribution is 6.43. The van der Waals surface area contributed by atoms with Crippen molar-refractivity contribution >= 4 is 30.3 Å². The van der Waals surface area contributed by atoms with Crippen LogP contribution in [-0.2, 0) is 22.5 Å². The van der Waals surface area contributed by atoms with Gasteiger partial charge in [0.25, 0.3) is 11.8 Å². The van der Waals surface area contributed by atoms with Crippen molar-refractivity contribution in [2.24, 2.45) is 5.16 Å². The summed E-state index contributed by atoms with van der Waals surface area (Å²) in [6, 6.07) is 23.9. The number of pyridine rings is 1. The molecule has 0 radical (unpaired) electrons. The SMILES string of the molecule is O=C(NCC1=NOC(Cc2ccccc2)(C(=O)NC(Cc2ccccc2)B(O)O)C1)c1cccc2nccn12. The van der Waals surface area contributed by atoms with Crippen molar-refractivity contribution in [2.75, 3.05) is 6.54 Å². The quantitative estimate of drug-likeness (QED) is 0.232. The van der Waals surface area contributed by atoms with Crippen LogP contribution in [0.1, 0.15) is 28.0 Å². The highest BCUT2D eigenvalue weighted by Gasteiger charge is 2.48. The second-order valence-corrected chi connectivity index (χ2v) is 9.51. The Labute approximate surface area is 225 Å². The molecule has 3 heterocycles. The molecule has 11 heteroatoms. The van der Waals surface area contributed by atoms with Gasteiger partial charge in [-0.3, -0.25) is 14.0 Å². The van der Waals surface area contributed by atoms with Crippen LogP contribution in [0.25, 0.3) is 5.65 Å². The molecule has 2 aromatic carbocycles. The molecule has 10 nitrogen and oxygen atoms in total. The van der Waals surface area contributed by atoms with Crippen LogP contribution in [0.5, 0.6) is 0 Å². The number of hydrogen-bond acceptors (Lipinski definition) is 7. The van der Waals surface area contributed by atoms with Gasteiger partial charge in [-0.05, 0) is 29.7 Å². The van der Waals surface area contributed by atoms with E-state index in [-0.39, 0.29) is 31.7 Å². The molecule has 0 aliphatic carbocycles. The van der Waals surface area contributed by atoms with Gasteiger partial charge in [-0.1, -0.05) is 71.9 Å². The van der Waals surface area contributed by atoms with Crippen LogP contribution in [0.3, 0.4) is 0 Å². The van der Waals surface area contributed by atoms with Gasteiger partial charge in [-0.25, -0.2) is 4.98 Å². The molecule has 1 aliphatic heterocycles. The Morgan fingerprint density at radius 1 is 1.00 bits per heavy atom. The average Bonchev–Trinajstić information content (AvgIpc) is 3.60. The number of benzene rings is 2. The van der Waals surface area contributed by atoms with E-state index in [4.69, 9.17) is 4.84 Å². The molecule has 0 spiro atoms. The Morgan fingerprint density at radius 2 is 1.72 bits per heavy atom. The van der Waals surface area contributed by atoms with Crippen molar-refractivity contribution in [1.82, 2.24) is 20.0 Å². The first-order chi connectivity index (χ1) is 18.9. The first kappa shape index (κ1) is 26.1. The molecule has 0 fully saturated rings. The van der Waals surface area contributed by atoms with Gasteiger partial charge in [0.1, 0.15) is 11.3 Å². The summed E-state index contributed by atoms with van der Waals surface area (Å²) in [6.45, 7) is 0.0732. The molecule has 4 aromatic rings. The fraction of sp³-hybridized carbons (Fsp3) is 0.214. The first-order valence-electron chi connectivity index (χ1n) is 12.6. The number of oxime groups is 1. The molecule has 0 saturated carbocycles. The minimum absolute atomic E-state index is 0.0732. The lowest BCUT2D eigenvalue weighted by molar-refractivity contribution is -0.144. The molecule has 1 aliphatic rings. The summed E-state index contributed by atoms with van der Waals surface area (Å²) in [6.07, 6.45) is 3.86. The Hall–Kier alpha value is -4.48. The van der Waals surface area contributed by atoms with Crippen molar-refractivity contribution in [2.45, 2.75) is 30.8 Å². The summed E-state index contributed by atoms with van der Waals surface area (Å²) < 4.78 is 1.68. The molecule has 4 N–H and O–H groups in total. The minimum Gasteiger partial charge on any atom is -0.426 e. The van der Waals surface area contributed by atoms with Gasteiger partial charge in [-0.2, -0.15) is 0 Å². The third-order valence-corrected chi connectivity index (χ3v) is 6.67. The standard InChI is InChI=1S/C28H28BN5O5/c35-26(23-12-7-13-25-30-14-15-34(23)25)31-19-22-18-28(39-33-22,17-21-10-5-2-6-11-21)27(36)32-24(29(37)38)16-20-8-3-1-4-9-20/h1-15,24,37-38H,16-19H2,(H,31,35)(H,32,36). The van der Waals surface area contributed by atoms with E-state index < -0.39 is 24.6 Å². The maximum absolute atomic E-state index is 13.7. The Bertz CT molecular complexity index is 1480. The van der Waals surface area contributed by atoms with E-state index in [0.29, 0.717) is 17.1 Å².